The Morgan fingerprint density at radius 2 is 2.00 bits per heavy atom. The van der Waals surface area contributed by atoms with Crippen molar-refractivity contribution in [3.63, 3.8) is 0 Å². The van der Waals surface area contributed by atoms with Gasteiger partial charge in [0.15, 0.2) is 0 Å². The van der Waals surface area contributed by atoms with E-state index in [4.69, 9.17) is 0 Å². The van der Waals surface area contributed by atoms with Crippen molar-refractivity contribution < 1.29 is 0 Å². The van der Waals surface area contributed by atoms with Crippen molar-refractivity contribution in [3.8, 4) is 0 Å². The van der Waals surface area contributed by atoms with Gasteiger partial charge in [0, 0.05) is 5.33 Å². The number of hydrogen-bond acceptors (Lipinski definition) is 0. The monoisotopic (exact) mass is 254 g/mol. The first-order chi connectivity index (χ1) is 4.22. The molecule has 2 heteroatoms. The zero-order valence-corrected chi connectivity index (χ0v) is 9.05. The Bertz CT molecular complexity index is 101. The number of allylic oxidation sites excluding steroid dienone is 2. The van der Waals surface area contributed by atoms with Crippen molar-refractivity contribution in [1.82, 2.24) is 0 Å². The van der Waals surface area contributed by atoms with E-state index in [9.17, 15) is 0 Å². The Morgan fingerprint density at radius 1 is 1.44 bits per heavy atom. The first kappa shape index (κ1) is 9.70. The molecule has 0 heterocycles. The van der Waals surface area contributed by atoms with Crippen LogP contribution in [0.3, 0.4) is 0 Å². The number of halogens is 2. The van der Waals surface area contributed by atoms with Crippen LogP contribution in [0, 0.1) is 0 Å². The molecule has 0 bridgehead atoms. The summed E-state index contributed by atoms with van der Waals surface area (Å²) in [5, 5.41) is 0.998. The fraction of sp³-hybridized carbons (Fsp3) is 0.714. The van der Waals surface area contributed by atoms with Crippen LogP contribution in [0.1, 0.15) is 26.7 Å². The third-order valence-corrected chi connectivity index (χ3v) is 2.44. The van der Waals surface area contributed by atoms with Crippen LogP contribution in [0.25, 0.3) is 0 Å². The Kier molecular flexibility index (Phi) is 5.91. The molecular formula is C7H12Br2. The molecule has 0 spiro atoms. The molecule has 0 unspecified atom stereocenters. The molecule has 0 aliphatic rings. The third-order valence-electron chi connectivity index (χ3n) is 1.20. The van der Waals surface area contributed by atoms with Gasteiger partial charge in [0.2, 0.25) is 0 Å². The first-order valence-electron chi connectivity index (χ1n) is 3.12. The van der Waals surface area contributed by atoms with Gasteiger partial charge in [-0.3, -0.25) is 0 Å². The summed E-state index contributed by atoms with van der Waals surface area (Å²) in [6.07, 6.45) is 2.42. The minimum Gasteiger partial charge on any atom is -0.0880 e. The summed E-state index contributed by atoms with van der Waals surface area (Å²) in [5.41, 5.74) is 1.47. The topological polar surface area (TPSA) is 0 Å². The van der Waals surface area contributed by atoms with E-state index < -0.39 is 0 Å². The average Bonchev–Trinajstić information content (AvgIpc) is 1.82. The van der Waals surface area contributed by atoms with Crippen LogP contribution in [0.5, 0.6) is 0 Å². The van der Waals surface area contributed by atoms with Crippen molar-refractivity contribution in [2.24, 2.45) is 0 Å². The second-order valence-corrected chi connectivity index (χ2v) is 3.77. The lowest BCUT2D eigenvalue weighted by atomic mass is 10.2. The molecule has 9 heavy (non-hydrogen) atoms. The van der Waals surface area contributed by atoms with Crippen molar-refractivity contribution >= 4 is 31.9 Å². The van der Waals surface area contributed by atoms with Gasteiger partial charge >= 0.3 is 0 Å². The second-order valence-electron chi connectivity index (χ2n) is 2.02. The van der Waals surface area contributed by atoms with Crippen LogP contribution in [-0.4, -0.2) is 5.33 Å². The van der Waals surface area contributed by atoms with E-state index in [-0.39, 0.29) is 0 Å². The van der Waals surface area contributed by atoms with Crippen molar-refractivity contribution in [3.05, 3.63) is 10.1 Å². The van der Waals surface area contributed by atoms with Gasteiger partial charge in [0.25, 0.3) is 0 Å². The highest BCUT2D eigenvalue weighted by Crippen LogP contribution is 2.17. The summed E-state index contributed by atoms with van der Waals surface area (Å²) in [6, 6.07) is 0. The Hall–Kier alpha value is 0.700. The zero-order valence-electron chi connectivity index (χ0n) is 5.88. The summed E-state index contributed by atoms with van der Waals surface area (Å²) < 4.78 is 1.28. The molecule has 0 nitrogen and oxygen atoms in total. The number of hydrogen-bond donors (Lipinski definition) is 0. The van der Waals surface area contributed by atoms with Crippen LogP contribution >= 0.6 is 31.9 Å². The van der Waals surface area contributed by atoms with Gasteiger partial charge in [-0.05, 0) is 23.4 Å². The molecule has 0 atom stereocenters. The average molecular weight is 256 g/mol. The molecule has 0 aliphatic carbocycles. The van der Waals surface area contributed by atoms with Crippen LogP contribution in [0.4, 0.5) is 0 Å². The van der Waals surface area contributed by atoms with Crippen molar-refractivity contribution in [2.45, 2.75) is 26.7 Å². The summed E-state index contributed by atoms with van der Waals surface area (Å²) in [4.78, 5) is 0. The quantitative estimate of drug-likeness (QED) is 0.672. The van der Waals surface area contributed by atoms with Crippen molar-refractivity contribution in [2.75, 3.05) is 5.33 Å². The smallest absolute Gasteiger partial charge is 0.0252 e. The zero-order chi connectivity index (χ0) is 7.28. The molecule has 0 aliphatic heterocycles. The van der Waals surface area contributed by atoms with E-state index in [1.807, 2.05) is 0 Å². The fourth-order valence-electron chi connectivity index (χ4n) is 0.633. The van der Waals surface area contributed by atoms with E-state index in [2.05, 4.69) is 45.7 Å². The SMILES string of the molecule is CCC/C(CBr)=C(\C)Br. The molecule has 0 aromatic heterocycles. The summed E-state index contributed by atoms with van der Waals surface area (Å²) >= 11 is 6.88. The van der Waals surface area contributed by atoms with Crippen LogP contribution in [-0.2, 0) is 0 Å². The molecule has 0 aromatic carbocycles. The van der Waals surface area contributed by atoms with Crippen molar-refractivity contribution in [1.29, 1.82) is 0 Å². The molecule has 0 amide bonds. The largest absolute Gasteiger partial charge is 0.0880 e. The maximum Gasteiger partial charge on any atom is 0.0252 e. The number of rotatable bonds is 3. The van der Waals surface area contributed by atoms with E-state index >= 15 is 0 Å². The molecule has 0 saturated carbocycles. The molecule has 0 fully saturated rings. The fourth-order valence-corrected chi connectivity index (χ4v) is 2.05. The lowest BCUT2D eigenvalue weighted by Gasteiger charge is -2.00. The van der Waals surface area contributed by atoms with Crippen LogP contribution in [0.2, 0.25) is 0 Å². The highest BCUT2D eigenvalue weighted by atomic mass is 79.9. The van der Waals surface area contributed by atoms with E-state index in [0.717, 1.165) is 5.33 Å². The minimum atomic E-state index is 0.998. The Labute approximate surface area is 74.0 Å². The minimum absolute atomic E-state index is 0.998. The third kappa shape index (κ3) is 4.15. The predicted octanol–water partition coefficient (Wildman–Crippen LogP) is 3.85. The second kappa shape index (κ2) is 5.48. The predicted molar refractivity (Wildman–Crippen MR) is 50.3 cm³/mol. The van der Waals surface area contributed by atoms with Gasteiger partial charge in [0.1, 0.15) is 0 Å². The van der Waals surface area contributed by atoms with Gasteiger partial charge in [-0.1, -0.05) is 45.2 Å². The van der Waals surface area contributed by atoms with E-state index in [0.29, 0.717) is 0 Å². The van der Waals surface area contributed by atoms with Gasteiger partial charge in [-0.2, -0.15) is 0 Å². The summed E-state index contributed by atoms with van der Waals surface area (Å²) in [7, 11) is 0. The Morgan fingerprint density at radius 3 is 2.11 bits per heavy atom. The van der Waals surface area contributed by atoms with E-state index in [1.165, 1.54) is 22.9 Å². The number of alkyl halides is 1. The van der Waals surface area contributed by atoms with Crippen LogP contribution < -0.4 is 0 Å². The maximum absolute atomic E-state index is 3.45. The summed E-state index contributed by atoms with van der Waals surface area (Å²) in [5.74, 6) is 0. The van der Waals surface area contributed by atoms with Gasteiger partial charge in [0.05, 0.1) is 0 Å². The highest BCUT2D eigenvalue weighted by molar-refractivity contribution is 9.11. The van der Waals surface area contributed by atoms with Gasteiger partial charge < -0.3 is 0 Å². The normalized spacial score (nSPS) is 13.3. The molecule has 0 radical (unpaired) electrons. The van der Waals surface area contributed by atoms with Gasteiger partial charge in [-0.25, -0.2) is 0 Å². The van der Waals surface area contributed by atoms with Gasteiger partial charge in [-0.15, -0.1) is 0 Å². The summed E-state index contributed by atoms with van der Waals surface area (Å²) in [6.45, 7) is 4.28. The maximum atomic E-state index is 3.45. The lowest BCUT2D eigenvalue weighted by molar-refractivity contribution is 0.906. The molecule has 0 saturated heterocycles. The molecular weight excluding hydrogens is 244 g/mol. The molecule has 0 rings (SSSR count). The molecule has 54 valence electrons. The van der Waals surface area contributed by atoms with Crippen LogP contribution in [0.15, 0.2) is 10.1 Å². The molecule has 0 N–H and O–H groups in total. The Balaban J connectivity index is 3.83. The first-order valence-corrected chi connectivity index (χ1v) is 5.03. The van der Waals surface area contributed by atoms with E-state index in [1.54, 1.807) is 0 Å². The lowest BCUT2D eigenvalue weighted by Crippen LogP contribution is -1.84. The molecule has 0 aromatic rings. The standard InChI is InChI=1S/C7H12Br2/c1-3-4-7(5-8)6(2)9/h3-5H2,1-2H3/b7-6-. The highest BCUT2D eigenvalue weighted by Gasteiger charge is 1.95.